The lowest BCUT2D eigenvalue weighted by Gasteiger charge is -2.23. The molecule has 0 fully saturated rings. The molecule has 1 amide bonds. The monoisotopic (exact) mass is 461 g/mol. The summed E-state index contributed by atoms with van der Waals surface area (Å²) in [6.45, 7) is 8.11. The lowest BCUT2D eigenvalue weighted by molar-refractivity contribution is 0.0984. The molecule has 0 aliphatic carbocycles. The molecule has 5 nitrogen and oxygen atoms in total. The van der Waals surface area contributed by atoms with E-state index >= 15 is 0 Å². The van der Waals surface area contributed by atoms with Crippen molar-refractivity contribution in [1.29, 1.82) is 0 Å². The summed E-state index contributed by atoms with van der Waals surface area (Å²) in [5.74, 6) is 0.550. The first-order valence-corrected chi connectivity index (χ1v) is 12.2. The molecule has 0 aliphatic heterocycles. The highest BCUT2D eigenvalue weighted by atomic mass is 32.1. The van der Waals surface area contributed by atoms with Crippen molar-refractivity contribution < 1.29 is 9.53 Å². The predicted molar refractivity (Wildman–Crippen MR) is 139 cm³/mol. The van der Waals surface area contributed by atoms with Crippen LogP contribution in [0, 0.1) is 13.8 Å². The summed E-state index contributed by atoms with van der Waals surface area (Å²) in [7, 11) is 4.10. The highest BCUT2D eigenvalue weighted by Gasteiger charge is 2.26. The van der Waals surface area contributed by atoms with Gasteiger partial charge in [-0.3, -0.25) is 9.69 Å². The second kappa shape index (κ2) is 9.89. The van der Waals surface area contributed by atoms with Gasteiger partial charge in [0.25, 0.3) is 5.91 Å². The largest absolute Gasteiger partial charge is 0.493 e. The quantitative estimate of drug-likeness (QED) is 0.320. The van der Waals surface area contributed by atoms with Crippen LogP contribution in [0.5, 0.6) is 5.75 Å². The van der Waals surface area contributed by atoms with Crippen molar-refractivity contribution in [3.05, 3.63) is 65.2 Å². The smallest absolute Gasteiger partial charge is 0.264 e. The Morgan fingerprint density at radius 2 is 1.82 bits per heavy atom. The molecule has 6 heteroatoms. The number of thiazole rings is 1. The van der Waals surface area contributed by atoms with E-state index in [2.05, 4.69) is 30.9 Å². The van der Waals surface area contributed by atoms with E-state index in [1.165, 1.54) is 5.56 Å². The van der Waals surface area contributed by atoms with Crippen LogP contribution in [0.3, 0.4) is 0 Å². The molecule has 4 aromatic rings. The number of ether oxygens (including phenoxy) is 1. The molecule has 0 aliphatic rings. The lowest BCUT2D eigenvalue weighted by Crippen LogP contribution is -2.34. The summed E-state index contributed by atoms with van der Waals surface area (Å²) in [4.78, 5) is 23.1. The van der Waals surface area contributed by atoms with Gasteiger partial charge in [-0.1, -0.05) is 47.7 Å². The molecule has 0 atom stereocenters. The number of benzene rings is 3. The first-order chi connectivity index (χ1) is 15.9. The van der Waals surface area contributed by atoms with Crippen LogP contribution >= 0.6 is 11.3 Å². The van der Waals surface area contributed by atoms with E-state index in [9.17, 15) is 4.79 Å². The molecule has 1 heterocycles. The molecule has 3 aromatic carbocycles. The Labute approximate surface area is 199 Å². The molecule has 33 heavy (non-hydrogen) atoms. The number of anilines is 1. The zero-order valence-electron chi connectivity index (χ0n) is 20.0. The van der Waals surface area contributed by atoms with E-state index in [0.29, 0.717) is 24.5 Å². The van der Waals surface area contributed by atoms with Crippen molar-refractivity contribution in [2.75, 3.05) is 38.7 Å². The Hall–Kier alpha value is -2.96. The Bertz CT molecular complexity index is 1300. The second-order valence-electron chi connectivity index (χ2n) is 8.56. The van der Waals surface area contributed by atoms with Crippen LogP contribution in [0.15, 0.2) is 48.5 Å². The van der Waals surface area contributed by atoms with Crippen molar-refractivity contribution in [2.24, 2.45) is 0 Å². The number of hydrogen-bond acceptors (Lipinski definition) is 5. The topological polar surface area (TPSA) is 45.7 Å². The molecular formula is C27H31N3O2S. The van der Waals surface area contributed by atoms with E-state index in [1.807, 2.05) is 62.3 Å². The minimum atomic E-state index is -0.0672. The highest BCUT2D eigenvalue weighted by Crippen LogP contribution is 2.35. The molecular weight excluding hydrogens is 430 g/mol. The zero-order chi connectivity index (χ0) is 23.5. The van der Waals surface area contributed by atoms with Gasteiger partial charge < -0.3 is 9.64 Å². The second-order valence-corrected chi connectivity index (χ2v) is 9.57. The summed E-state index contributed by atoms with van der Waals surface area (Å²) >= 11 is 1.57. The maximum atomic E-state index is 14.2. The molecule has 0 unspecified atom stereocenters. The summed E-state index contributed by atoms with van der Waals surface area (Å²) in [6.07, 6.45) is 0.849. The van der Waals surface area contributed by atoms with Crippen LogP contribution in [0.1, 0.15) is 34.8 Å². The van der Waals surface area contributed by atoms with Crippen LogP contribution < -0.4 is 9.64 Å². The van der Waals surface area contributed by atoms with E-state index in [-0.39, 0.29) is 5.91 Å². The van der Waals surface area contributed by atoms with E-state index in [0.717, 1.165) is 44.6 Å². The Morgan fingerprint density at radius 3 is 2.58 bits per heavy atom. The van der Waals surface area contributed by atoms with Crippen LogP contribution in [0.25, 0.3) is 21.0 Å². The fourth-order valence-corrected chi connectivity index (χ4v) is 5.09. The predicted octanol–water partition coefficient (Wildman–Crippen LogP) is 6.06. The molecule has 0 N–H and O–H groups in total. The third-order valence-corrected chi connectivity index (χ3v) is 6.98. The van der Waals surface area contributed by atoms with Crippen LogP contribution in [0.4, 0.5) is 5.13 Å². The highest BCUT2D eigenvalue weighted by molar-refractivity contribution is 7.22. The molecule has 1 aromatic heterocycles. The number of hydrogen-bond donors (Lipinski definition) is 0. The van der Waals surface area contributed by atoms with Crippen molar-refractivity contribution >= 4 is 43.4 Å². The molecule has 0 radical (unpaired) electrons. The Balaban J connectivity index is 1.84. The van der Waals surface area contributed by atoms with Crippen LogP contribution in [-0.4, -0.2) is 49.6 Å². The first kappa shape index (κ1) is 23.2. The minimum Gasteiger partial charge on any atom is -0.493 e. The number of rotatable bonds is 8. The van der Waals surface area contributed by atoms with E-state index in [1.54, 1.807) is 11.3 Å². The van der Waals surface area contributed by atoms with Gasteiger partial charge in [-0.15, -0.1) is 0 Å². The summed E-state index contributed by atoms with van der Waals surface area (Å²) < 4.78 is 7.01. The molecule has 0 saturated heterocycles. The van der Waals surface area contributed by atoms with Gasteiger partial charge in [0.2, 0.25) is 0 Å². The fraction of sp³-hybridized carbons (Fsp3) is 0.333. The van der Waals surface area contributed by atoms with Crippen LogP contribution in [-0.2, 0) is 0 Å². The number of nitrogens with zero attached hydrogens (tertiary/aromatic N) is 3. The Kier molecular flexibility index (Phi) is 6.96. The number of aromatic nitrogens is 1. The third kappa shape index (κ3) is 4.72. The SMILES string of the molecule is CCOc1ccc2ccccc2c1C(=O)N(CCCN(C)C)c1nc2c(C)c(C)ccc2s1. The molecule has 0 saturated carbocycles. The summed E-state index contributed by atoms with van der Waals surface area (Å²) in [5, 5.41) is 2.66. The van der Waals surface area contributed by atoms with Crippen LogP contribution in [0.2, 0.25) is 0 Å². The molecule has 0 bridgehead atoms. The van der Waals surface area contributed by atoms with Gasteiger partial charge in [0.05, 0.1) is 22.4 Å². The van der Waals surface area contributed by atoms with Gasteiger partial charge in [0.1, 0.15) is 5.75 Å². The normalized spacial score (nSPS) is 11.5. The van der Waals surface area contributed by atoms with E-state index in [4.69, 9.17) is 9.72 Å². The average molecular weight is 462 g/mol. The molecule has 4 rings (SSSR count). The van der Waals surface area contributed by atoms with Crippen molar-refractivity contribution in [3.8, 4) is 5.75 Å². The van der Waals surface area contributed by atoms with Crippen molar-refractivity contribution in [2.45, 2.75) is 27.2 Å². The standard InChI is InChI=1S/C27H31N3O2S/c1-6-32-22-14-13-20-10-7-8-11-21(20)24(22)26(31)30(17-9-16-29(4)5)27-28-25-19(3)18(2)12-15-23(25)33-27/h7-8,10-15H,6,9,16-17H2,1-5H3. The average Bonchev–Trinajstić information content (AvgIpc) is 3.23. The van der Waals surface area contributed by atoms with Gasteiger partial charge in [-0.2, -0.15) is 0 Å². The number of carbonyl (C=O) groups is 1. The van der Waals surface area contributed by atoms with Gasteiger partial charge >= 0.3 is 0 Å². The molecule has 0 spiro atoms. The Morgan fingerprint density at radius 1 is 1.03 bits per heavy atom. The van der Waals surface area contributed by atoms with E-state index < -0.39 is 0 Å². The fourth-order valence-electron chi connectivity index (χ4n) is 4.04. The summed E-state index contributed by atoms with van der Waals surface area (Å²) in [6, 6.07) is 16.1. The molecule has 172 valence electrons. The maximum Gasteiger partial charge on any atom is 0.264 e. The number of amides is 1. The van der Waals surface area contributed by atoms with Crippen molar-refractivity contribution in [3.63, 3.8) is 0 Å². The van der Waals surface area contributed by atoms with Gasteiger partial charge in [-0.05, 0) is 81.9 Å². The lowest BCUT2D eigenvalue weighted by atomic mass is 10.0. The van der Waals surface area contributed by atoms with Gasteiger partial charge in [-0.25, -0.2) is 4.98 Å². The summed E-state index contributed by atoms with van der Waals surface area (Å²) in [5.41, 5.74) is 3.95. The number of carbonyl (C=O) groups excluding carboxylic acids is 1. The van der Waals surface area contributed by atoms with Gasteiger partial charge in [0, 0.05) is 6.54 Å². The number of fused-ring (bicyclic) bond motifs is 2. The number of aryl methyl sites for hydroxylation is 2. The van der Waals surface area contributed by atoms with Crippen molar-refractivity contribution in [1.82, 2.24) is 9.88 Å². The third-order valence-electron chi connectivity index (χ3n) is 5.94. The minimum absolute atomic E-state index is 0.0672. The first-order valence-electron chi connectivity index (χ1n) is 11.4. The van der Waals surface area contributed by atoms with Gasteiger partial charge in [0.15, 0.2) is 5.13 Å². The maximum absolute atomic E-state index is 14.2. The zero-order valence-corrected chi connectivity index (χ0v) is 20.8.